The van der Waals surface area contributed by atoms with Crippen molar-refractivity contribution in [1.29, 1.82) is 0 Å². The third-order valence-electron chi connectivity index (χ3n) is 3.61. The Morgan fingerprint density at radius 3 is 2.57 bits per heavy atom. The molecule has 110 valence electrons. The summed E-state index contributed by atoms with van der Waals surface area (Å²) in [5.41, 5.74) is 0.722. The van der Waals surface area contributed by atoms with Crippen LogP contribution in [0.5, 0.6) is 5.75 Å². The molecule has 21 heavy (non-hydrogen) atoms. The van der Waals surface area contributed by atoms with Crippen molar-refractivity contribution in [3.05, 3.63) is 59.4 Å². The van der Waals surface area contributed by atoms with Crippen LogP contribution in [-0.2, 0) is 0 Å². The van der Waals surface area contributed by atoms with E-state index in [0.29, 0.717) is 25.3 Å². The van der Waals surface area contributed by atoms with Gasteiger partial charge in [0.25, 0.3) is 0 Å². The minimum atomic E-state index is -0.924. The van der Waals surface area contributed by atoms with Crippen LogP contribution in [0.2, 0.25) is 0 Å². The molecule has 1 aliphatic rings. The Labute approximate surface area is 120 Å². The van der Waals surface area contributed by atoms with E-state index in [1.807, 2.05) is 24.3 Å². The van der Waals surface area contributed by atoms with Gasteiger partial charge in [-0.2, -0.15) is 0 Å². The van der Waals surface area contributed by atoms with E-state index in [0.717, 1.165) is 17.7 Å². The van der Waals surface area contributed by atoms with Crippen molar-refractivity contribution in [2.45, 2.75) is 12.3 Å². The zero-order valence-electron chi connectivity index (χ0n) is 11.2. The lowest BCUT2D eigenvalue weighted by molar-refractivity contribution is 0.270. The molecule has 1 unspecified atom stereocenters. The number of rotatable bonds is 3. The van der Waals surface area contributed by atoms with Crippen molar-refractivity contribution in [1.82, 2.24) is 0 Å². The van der Waals surface area contributed by atoms with Crippen LogP contribution < -0.4 is 10.1 Å². The summed E-state index contributed by atoms with van der Waals surface area (Å²) in [5, 5.41) is 2.75. The second kappa shape index (κ2) is 5.68. The van der Waals surface area contributed by atoms with Crippen LogP contribution in [0.4, 0.5) is 18.9 Å². The summed E-state index contributed by atoms with van der Waals surface area (Å²) in [4.78, 5) is 0. The van der Waals surface area contributed by atoms with Crippen LogP contribution in [0.1, 0.15) is 17.9 Å². The zero-order chi connectivity index (χ0) is 14.8. The van der Waals surface area contributed by atoms with Gasteiger partial charge in [-0.25, -0.2) is 13.2 Å². The molecule has 1 heterocycles. The van der Waals surface area contributed by atoms with Gasteiger partial charge in [0.05, 0.1) is 6.61 Å². The van der Waals surface area contributed by atoms with E-state index in [2.05, 4.69) is 5.32 Å². The van der Waals surface area contributed by atoms with Gasteiger partial charge in [-0.1, -0.05) is 18.2 Å². The van der Waals surface area contributed by atoms with Gasteiger partial charge in [-0.3, -0.25) is 0 Å². The van der Waals surface area contributed by atoms with E-state index in [1.165, 1.54) is 0 Å². The van der Waals surface area contributed by atoms with Crippen molar-refractivity contribution in [3.8, 4) is 5.75 Å². The molecule has 0 radical (unpaired) electrons. The van der Waals surface area contributed by atoms with Gasteiger partial charge in [-0.05, 0) is 18.1 Å². The molecule has 0 saturated carbocycles. The number of benzene rings is 2. The molecule has 1 atom stereocenters. The van der Waals surface area contributed by atoms with Crippen LogP contribution in [0.25, 0.3) is 0 Å². The lowest BCUT2D eigenvalue weighted by Gasteiger charge is -2.26. The van der Waals surface area contributed by atoms with Crippen LogP contribution in [0, 0.1) is 17.5 Å². The largest absolute Gasteiger partial charge is 0.493 e. The quantitative estimate of drug-likeness (QED) is 0.920. The van der Waals surface area contributed by atoms with E-state index >= 15 is 0 Å². The molecular weight excluding hydrogens is 279 g/mol. The van der Waals surface area contributed by atoms with Gasteiger partial charge in [0, 0.05) is 24.6 Å². The fourth-order valence-corrected chi connectivity index (χ4v) is 2.56. The number of hydrogen-bond acceptors (Lipinski definition) is 2. The third kappa shape index (κ3) is 2.82. The summed E-state index contributed by atoms with van der Waals surface area (Å²) >= 11 is 0. The minimum absolute atomic E-state index is 0.0961. The summed E-state index contributed by atoms with van der Waals surface area (Å²) in [6.07, 6.45) is 0.758. The Hall–Kier alpha value is -2.17. The number of hydrogen-bond donors (Lipinski definition) is 1. The Kier molecular flexibility index (Phi) is 3.73. The Morgan fingerprint density at radius 2 is 1.81 bits per heavy atom. The van der Waals surface area contributed by atoms with Crippen LogP contribution in [-0.4, -0.2) is 13.2 Å². The summed E-state index contributed by atoms with van der Waals surface area (Å²) in [6, 6.07) is 8.94. The molecule has 0 amide bonds. The Morgan fingerprint density at radius 1 is 1.10 bits per heavy atom. The van der Waals surface area contributed by atoms with Crippen molar-refractivity contribution in [3.63, 3.8) is 0 Å². The highest BCUT2D eigenvalue weighted by Gasteiger charge is 2.22. The molecule has 1 aliphatic heterocycles. The molecule has 3 rings (SSSR count). The van der Waals surface area contributed by atoms with E-state index in [1.54, 1.807) is 0 Å². The number of ether oxygens (including phenoxy) is 1. The fraction of sp³-hybridized carbons (Fsp3) is 0.250. The minimum Gasteiger partial charge on any atom is -0.493 e. The van der Waals surface area contributed by atoms with Gasteiger partial charge < -0.3 is 10.1 Å². The average molecular weight is 293 g/mol. The highest BCUT2D eigenvalue weighted by molar-refractivity contribution is 5.47. The maximum absolute atomic E-state index is 13.6. The molecule has 2 aromatic rings. The molecule has 1 N–H and O–H groups in total. The summed E-state index contributed by atoms with van der Waals surface area (Å²) in [6.45, 7) is 0.928. The van der Waals surface area contributed by atoms with Gasteiger partial charge in [-0.15, -0.1) is 0 Å². The first kappa shape index (κ1) is 13.8. The van der Waals surface area contributed by atoms with E-state index in [-0.39, 0.29) is 11.6 Å². The molecule has 2 nitrogen and oxygen atoms in total. The van der Waals surface area contributed by atoms with Crippen LogP contribution >= 0.6 is 0 Å². The number of para-hydroxylation sites is 1. The second-order valence-corrected chi connectivity index (χ2v) is 5.00. The standard InChI is InChI=1S/C16H14F3NO/c17-11-7-13(18)16(14(19)8-11)20-9-10-5-6-21-15-4-2-1-3-12(10)15/h1-4,7-8,10,20H,5-6,9H2. The first-order valence-corrected chi connectivity index (χ1v) is 6.75. The lowest BCUT2D eigenvalue weighted by atomic mass is 9.93. The third-order valence-corrected chi connectivity index (χ3v) is 3.61. The van der Waals surface area contributed by atoms with Crippen molar-refractivity contribution >= 4 is 5.69 Å². The second-order valence-electron chi connectivity index (χ2n) is 5.00. The molecule has 5 heteroatoms. The molecule has 0 spiro atoms. The summed E-state index contributed by atoms with van der Waals surface area (Å²) in [7, 11) is 0. The van der Waals surface area contributed by atoms with Crippen molar-refractivity contribution < 1.29 is 17.9 Å². The lowest BCUT2D eigenvalue weighted by Crippen LogP contribution is -2.21. The van der Waals surface area contributed by atoms with Gasteiger partial charge in [0.15, 0.2) is 11.6 Å². The molecule has 0 aliphatic carbocycles. The van der Waals surface area contributed by atoms with Gasteiger partial charge >= 0.3 is 0 Å². The van der Waals surface area contributed by atoms with Crippen LogP contribution in [0.15, 0.2) is 36.4 Å². The number of nitrogens with one attached hydrogen (secondary N) is 1. The van der Waals surface area contributed by atoms with E-state index in [4.69, 9.17) is 4.74 Å². The van der Waals surface area contributed by atoms with Gasteiger partial charge in [0.2, 0.25) is 0 Å². The maximum Gasteiger partial charge on any atom is 0.152 e. The summed E-state index contributed by atoms with van der Waals surface area (Å²) in [5.74, 6) is -1.87. The summed E-state index contributed by atoms with van der Waals surface area (Å²) < 4.78 is 45.6. The van der Waals surface area contributed by atoms with Crippen molar-refractivity contribution in [2.75, 3.05) is 18.5 Å². The average Bonchev–Trinajstić information content (AvgIpc) is 2.46. The molecule has 0 aromatic heterocycles. The fourth-order valence-electron chi connectivity index (χ4n) is 2.56. The number of anilines is 1. The zero-order valence-corrected chi connectivity index (χ0v) is 11.2. The highest BCUT2D eigenvalue weighted by atomic mass is 19.1. The van der Waals surface area contributed by atoms with E-state index < -0.39 is 17.5 Å². The van der Waals surface area contributed by atoms with Crippen LogP contribution in [0.3, 0.4) is 0 Å². The smallest absolute Gasteiger partial charge is 0.152 e. The molecule has 2 aromatic carbocycles. The van der Waals surface area contributed by atoms with Gasteiger partial charge in [0.1, 0.15) is 17.3 Å². The molecule has 0 saturated heterocycles. The molecule has 0 bridgehead atoms. The van der Waals surface area contributed by atoms with E-state index in [9.17, 15) is 13.2 Å². The number of fused-ring (bicyclic) bond motifs is 1. The molecular formula is C16H14F3NO. The Bertz CT molecular complexity index is 637. The maximum atomic E-state index is 13.6. The monoisotopic (exact) mass is 293 g/mol. The number of halogens is 3. The normalized spacial score (nSPS) is 17.0. The van der Waals surface area contributed by atoms with Crippen molar-refractivity contribution in [2.24, 2.45) is 0 Å². The highest BCUT2D eigenvalue weighted by Crippen LogP contribution is 2.33. The molecule has 0 fully saturated rings. The first-order chi connectivity index (χ1) is 10.1. The predicted octanol–water partition coefficient (Wildman–Crippen LogP) is 4.08. The SMILES string of the molecule is Fc1cc(F)c(NCC2CCOc3ccccc32)c(F)c1. The predicted molar refractivity (Wildman–Crippen MR) is 74.1 cm³/mol. The topological polar surface area (TPSA) is 21.3 Å². The first-order valence-electron chi connectivity index (χ1n) is 6.75. The Balaban J connectivity index is 1.78.